The van der Waals surface area contributed by atoms with Gasteiger partial charge in [0.1, 0.15) is 0 Å². The summed E-state index contributed by atoms with van der Waals surface area (Å²) in [6.07, 6.45) is 3.81. The number of rotatable bonds is 5. The molecule has 108 valence electrons. The summed E-state index contributed by atoms with van der Waals surface area (Å²) in [6.45, 7) is 6.90. The van der Waals surface area contributed by atoms with Gasteiger partial charge in [0.25, 0.3) is 0 Å². The Morgan fingerprint density at radius 2 is 2.05 bits per heavy atom. The molecular formula is C15H24BrClN2. The summed E-state index contributed by atoms with van der Waals surface area (Å²) in [5.41, 5.74) is 1.41. The Kier molecular flexibility index (Phi) is 8.00. The van der Waals surface area contributed by atoms with Crippen molar-refractivity contribution in [3.8, 4) is 0 Å². The Bertz CT molecular complexity index is 367. The van der Waals surface area contributed by atoms with Gasteiger partial charge in [0.2, 0.25) is 0 Å². The number of nitrogens with one attached hydrogen (secondary N) is 1. The second kappa shape index (κ2) is 8.96. The third kappa shape index (κ3) is 5.42. The second-order valence-corrected chi connectivity index (χ2v) is 6.00. The Morgan fingerprint density at radius 1 is 1.32 bits per heavy atom. The zero-order valence-corrected chi connectivity index (χ0v) is 14.0. The number of nitrogens with zero attached hydrogens (tertiary/aromatic N) is 1. The SMILES string of the molecule is CCCN(Cc1cccc(Br)c1)C1CCNCC1.Cl. The molecule has 1 heterocycles. The second-order valence-electron chi connectivity index (χ2n) is 5.08. The number of benzene rings is 1. The molecule has 19 heavy (non-hydrogen) atoms. The van der Waals surface area contributed by atoms with Gasteiger partial charge in [-0.1, -0.05) is 35.0 Å². The molecule has 1 N–H and O–H groups in total. The van der Waals surface area contributed by atoms with Crippen LogP contribution in [0.2, 0.25) is 0 Å². The predicted molar refractivity (Wildman–Crippen MR) is 88.0 cm³/mol. The molecule has 0 amide bonds. The van der Waals surface area contributed by atoms with Gasteiger partial charge in [0, 0.05) is 17.1 Å². The summed E-state index contributed by atoms with van der Waals surface area (Å²) >= 11 is 3.56. The zero-order chi connectivity index (χ0) is 12.8. The average molecular weight is 348 g/mol. The third-order valence-corrected chi connectivity index (χ3v) is 4.10. The Labute approximate surface area is 131 Å². The van der Waals surface area contributed by atoms with Crippen LogP contribution in [0.4, 0.5) is 0 Å². The van der Waals surface area contributed by atoms with Gasteiger partial charge in [0.05, 0.1) is 0 Å². The molecule has 1 aromatic carbocycles. The van der Waals surface area contributed by atoms with Gasteiger partial charge in [0.15, 0.2) is 0 Å². The Morgan fingerprint density at radius 3 is 2.68 bits per heavy atom. The van der Waals surface area contributed by atoms with Crippen LogP contribution in [0.3, 0.4) is 0 Å². The van der Waals surface area contributed by atoms with Crippen molar-refractivity contribution in [1.29, 1.82) is 0 Å². The molecule has 0 aliphatic carbocycles. The van der Waals surface area contributed by atoms with E-state index in [9.17, 15) is 0 Å². The topological polar surface area (TPSA) is 15.3 Å². The number of hydrogen-bond donors (Lipinski definition) is 1. The van der Waals surface area contributed by atoms with Crippen molar-refractivity contribution < 1.29 is 0 Å². The van der Waals surface area contributed by atoms with E-state index in [2.05, 4.69) is 57.3 Å². The minimum absolute atomic E-state index is 0. The van der Waals surface area contributed by atoms with Crippen LogP contribution in [0.15, 0.2) is 28.7 Å². The quantitative estimate of drug-likeness (QED) is 0.870. The molecule has 0 radical (unpaired) electrons. The molecule has 0 bridgehead atoms. The van der Waals surface area contributed by atoms with Crippen LogP contribution in [0, 0.1) is 0 Å². The highest BCUT2D eigenvalue weighted by Gasteiger charge is 2.20. The van der Waals surface area contributed by atoms with Gasteiger partial charge in [-0.15, -0.1) is 12.4 Å². The molecule has 2 nitrogen and oxygen atoms in total. The molecule has 0 spiro atoms. The molecule has 1 saturated heterocycles. The maximum atomic E-state index is 3.56. The highest BCUT2D eigenvalue weighted by Crippen LogP contribution is 2.18. The lowest BCUT2D eigenvalue weighted by Gasteiger charge is -2.34. The summed E-state index contributed by atoms with van der Waals surface area (Å²) in [7, 11) is 0. The Balaban J connectivity index is 0.00000180. The van der Waals surface area contributed by atoms with E-state index in [0.717, 1.165) is 12.6 Å². The zero-order valence-electron chi connectivity index (χ0n) is 11.6. The lowest BCUT2D eigenvalue weighted by Crippen LogP contribution is -2.43. The van der Waals surface area contributed by atoms with Crippen LogP contribution in [0.1, 0.15) is 31.7 Å². The molecule has 1 fully saturated rings. The summed E-state index contributed by atoms with van der Waals surface area (Å²) in [5, 5.41) is 3.45. The predicted octanol–water partition coefficient (Wildman–Crippen LogP) is 3.83. The molecule has 1 aliphatic heterocycles. The van der Waals surface area contributed by atoms with Crippen LogP contribution in [-0.4, -0.2) is 30.6 Å². The highest BCUT2D eigenvalue weighted by molar-refractivity contribution is 9.10. The lowest BCUT2D eigenvalue weighted by atomic mass is 10.0. The molecule has 1 aromatic rings. The van der Waals surface area contributed by atoms with E-state index in [0.29, 0.717) is 0 Å². The van der Waals surface area contributed by atoms with E-state index in [1.165, 1.54) is 48.9 Å². The van der Waals surface area contributed by atoms with Crippen LogP contribution >= 0.6 is 28.3 Å². The van der Waals surface area contributed by atoms with Crippen molar-refractivity contribution in [3.63, 3.8) is 0 Å². The number of halogens is 2. The van der Waals surface area contributed by atoms with Crippen molar-refractivity contribution in [1.82, 2.24) is 10.2 Å². The largest absolute Gasteiger partial charge is 0.317 e. The molecule has 2 rings (SSSR count). The Hall–Kier alpha value is -0.0900. The van der Waals surface area contributed by atoms with Gasteiger partial charge < -0.3 is 5.32 Å². The van der Waals surface area contributed by atoms with E-state index in [1.807, 2.05) is 0 Å². The summed E-state index contributed by atoms with van der Waals surface area (Å²) < 4.78 is 1.18. The lowest BCUT2D eigenvalue weighted by molar-refractivity contribution is 0.154. The molecule has 1 aliphatic rings. The van der Waals surface area contributed by atoms with Crippen LogP contribution in [0.25, 0.3) is 0 Å². The molecule has 0 atom stereocenters. The maximum absolute atomic E-state index is 3.56. The first-order valence-corrected chi connectivity index (χ1v) is 7.78. The third-order valence-electron chi connectivity index (χ3n) is 3.61. The van der Waals surface area contributed by atoms with E-state index in [-0.39, 0.29) is 12.4 Å². The standard InChI is InChI=1S/C15H23BrN2.ClH/c1-2-10-18(15-6-8-17-9-7-15)12-13-4-3-5-14(16)11-13;/h3-5,11,15,17H,2,6-10,12H2,1H3;1H. The van der Waals surface area contributed by atoms with E-state index < -0.39 is 0 Å². The molecular weight excluding hydrogens is 324 g/mol. The molecule has 0 aromatic heterocycles. The van der Waals surface area contributed by atoms with Gasteiger partial charge in [-0.05, 0) is 56.6 Å². The number of piperidine rings is 1. The number of hydrogen-bond acceptors (Lipinski definition) is 2. The summed E-state index contributed by atoms with van der Waals surface area (Å²) in [5.74, 6) is 0. The fourth-order valence-electron chi connectivity index (χ4n) is 2.72. The van der Waals surface area contributed by atoms with Crippen LogP contribution in [-0.2, 0) is 6.54 Å². The van der Waals surface area contributed by atoms with Gasteiger partial charge in [-0.2, -0.15) is 0 Å². The average Bonchev–Trinajstić information content (AvgIpc) is 2.39. The van der Waals surface area contributed by atoms with Crippen molar-refractivity contribution in [2.45, 2.75) is 38.8 Å². The van der Waals surface area contributed by atoms with Crippen molar-refractivity contribution >= 4 is 28.3 Å². The highest BCUT2D eigenvalue weighted by atomic mass is 79.9. The van der Waals surface area contributed by atoms with Crippen LogP contribution in [0.5, 0.6) is 0 Å². The summed E-state index contributed by atoms with van der Waals surface area (Å²) in [4.78, 5) is 2.66. The van der Waals surface area contributed by atoms with E-state index in [1.54, 1.807) is 0 Å². The minimum atomic E-state index is 0. The van der Waals surface area contributed by atoms with E-state index >= 15 is 0 Å². The van der Waals surface area contributed by atoms with Gasteiger partial charge in [-0.3, -0.25) is 4.90 Å². The first-order valence-electron chi connectivity index (χ1n) is 6.99. The van der Waals surface area contributed by atoms with Crippen molar-refractivity contribution in [2.75, 3.05) is 19.6 Å². The summed E-state index contributed by atoms with van der Waals surface area (Å²) in [6, 6.07) is 9.45. The van der Waals surface area contributed by atoms with Gasteiger partial charge >= 0.3 is 0 Å². The maximum Gasteiger partial charge on any atom is 0.0237 e. The fourth-order valence-corrected chi connectivity index (χ4v) is 3.17. The smallest absolute Gasteiger partial charge is 0.0237 e. The first kappa shape index (κ1) is 17.0. The monoisotopic (exact) mass is 346 g/mol. The van der Waals surface area contributed by atoms with E-state index in [4.69, 9.17) is 0 Å². The first-order chi connectivity index (χ1) is 8.79. The van der Waals surface area contributed by atoms with Gasteiger partial charge in [-0.25, -0.2) is 0 Å². The van der Waals surface area contributed by atoms with Crippen molar-refractivity contribution in [3.05, 3.63) is 34.3 Å². The van der Waals surface area contributed by atoms with Crippen molar-refractivity contribution in [2.24, 2.45) is 0 Å². The minimum Gasteiger partial charge on any atom is -0.317 e. The normalized spacial score (nSPS) is 16.4. The molecule has 4 heteroatoms. The van der Waals surface area contributed by atoms with Crippen LogP contribution < -0.4 is 5.32 Å². The fraction of sp³-hybridized carbons (Fsp3) is 0.600. The molecule has 0 unspecified atom stereocenters. The molecule has 0 saturated carbocycles.